The van der Waals surface area contributed by atoms with Crippen LogP contribution in [0.1, 0.15) is 12.8 Å². The van der Waals surface area contributed by atoms with Crippen molar-refractivity contribution in [3.05, 3.63) is 17.9 Å². The molecule has 8 nitrogen and oxygen atoms in total. The van der Waals surface area contributed by atoms with Gasteiger partial charge in [-0.25, -0.2) is 4.98 Å². The predicted molar refractivity (Wildman–Crippen MR) is 72.0 cm³/mol. The fourth-order valence-corrected chi connectivity index (χ4v) is 2.33. The van der Waals surface area contributed by atoms with Crippen molar-refractivity contribution in [2.45, 2.75) is 18.9 Å². The fourth-order valence-electron chi connectivity index (χ4n) is 2.18. The number of hydrogen-bond donors (Lipinski definition) is 0. The third kappa shape index (κ3) is 2.70. The SMILES string of the molecule is COC1CCN(c2nc(Cl)nc(-n3cncn3)n2)CC1. The van der Waals surface area contributed by atoms with Crippen LogP contribution in [-0.2, 0) is 4.74 Å². The monoisotopic (exact) mass is 295 g/mol. The summed E-state index contributed by atoms with van der Waals surface area (Å²) in [6, 6.07) is 0. The second kappa shape index (κ2) is 5.68. The molecule has 106 valence electrons. The van der Waals surface area contributed by atoms with Gasteiger partial charge in [0.2, 0.25) is 11.2 Å². The Hall–Kier alpha value is -1.80. The van der Waals surface area contributed by atoms with Crippen LogP contribution >= 0.6 is 11.6 Å². The molecule has 1 aliphatic rings. The van der Waals surface area contributed by atoms with Crippen molar-refractivity contribution in [3.63, 3.8) is 0 Å². The van der Waals surface area contributed by atoms with Gasteiger partial charge in [-0.15, -0.1) is 0 Å². The first-order chi connectivity index (χ1) is 9.76. The van der Waals surface area contributed by atoms with E-state index >= 15 is 0 Å². The first-order valence-electron chi connectivity index (χ1n) is 6.30. The molecule has 0 bridgehead atoms. The average molecular weight is 296 g/mol. The van der Waals surface area contributed by atoms with Crippen LogP contribution in [0.15, 0.2) is 12.7 Å². The topological polar surface area (TPSA) is 81.9 Å². The average Bonchev–Trinajstić information content (AvgIpc) is 3.01. The van der Waals surface area contributed by atoms with E-state index in [1.54, 1.807) is 7.11 Å². The van der Waals surface area contributed by atoms with E-state index in [0.29, 0.717) is 18.0 Å². The van der Waals surface area contributed by atoms with Gasteiger partial charge in [-0.1, -0.05) is 0 Å². The molecule has 0 radical (unpaired) electrons. The minimum atomic E-state index is 0.148. The van der Waals surface area contributed by atoms with Gasteiger partial charge in [0, 0.05) is 20.2 Å². The van der Waals surface area contributed by atoms with Crippen LogP contribution in [0.5, 0.6) is 0 Å². The number of methoxy groups -OCH3 is 1. The molecule has 2 aromatic heterocycles. The molecule has 0 unspecified atom stereocenters. The van der Waals surface area contributed by atoms with Crippen molar-refractivity contribution in [2.24, 2.45) is 0 Å². The summed E-state index contributed by atoms with van der Waals surface area (Å²) in [5.41, 5.74) is 0. The van der Waals surface area contributed by atoms with Crippen molar-refractivity contribution >= 4 is 17.5 Å². The summed E-state index contributed by atoms with van der Waals surface area (Å²) in [4.78, 5) is 18.6. The normalized spacial score (nSPS) is 16.6. The predicted octanol–water partition coefficient (Wildman–Crippen LogP) is 0.721. The minimum absolute atomic E-state index is 0.148. The van der Waals surface area contributed by atoms with Crippen LogP contribution in [-0.4, -0.2) is 56.0 Å². The fraction of sp³-hybridized carbons (Fsp3) is 0.545. The van der Waals surface area contributed by atoms with Crippen molar-refractivity contribution in [2.75, 3.05) is 25.1 Å². The van der Waals surface area contributed by atoms with Crippen LogP contribution in [0, 0.1) is 0 Å². The van der Waals surface area contributed by atoms with Crippen molar-refractivity contribution in [1.82, 2.24) is 29.7 Å². The largest absolute Gasteiger partial charge is 0.381 e. The Balaban J connectivity index is 1.83. The van der Waals surface area contributed by atoms with Gasteiger partial charge in [0.25, 0.3) is 5.95 Å². The summed E-state index contributed by atoms with van der Waals surface area (Å²) >= 11 is 5.97. The van der Waals surface area contributed by atoms with E-state index in [2.05, 4.69) is 29.9 Å². The molecule has 2 aromatic rings. The number of piperidine rings is 1. The zero-order valence-electron chi connectivity index (χ0n) is 11.0. The second-order valence-electron chi connectivity index (χ2n) is 4.47. The highest BCUT2D eigenvalue weighted by Gasteiger charge is 2.21. The van der Waals surface area contributed by atoms with Gasteiger partial charge < -0.3 is 9.64 Å². The van der Waals surface area contributed by atoms with E-state index in [1.165, 1.54) is 17.3 Å². The minimum Gasteiger partial charge on any atom is -0.381 e. The molecular formula is C11H14ClN7O. The summed E-state index contributed by atoms with van der Waals surface area (Å²) in [5, 5.41) is 4.14. The standard InChI is InChI=1S/C11H14ClN7O/c1-20-8-2-4-18(5-3-8)10-15-9(12)16-11(17-10)19-7-13-6-14-19/h6-8H,2-5H2,1H3. The zero-order valence-corrected chi connectivity index (χ0v) is 11.7. The molecule has 20 heavy (non-hydrogen) atoms. The van der Waals surface area contributed by atoms with Crippen molar-refractivity contribution < 1.29 is 4.74 Å². The smallest absolute Gasteiger partial charge is 0.258 e. The lowest BCUT2D eigenvalue weighted by Crippen LogP contribution is -2.37. The van der Waals surface area contributed by atoms with Crippen molar-refractivity contribution in [3.8, 4) is 5.95 Å². The Morgan fingerprint density at radius 1 is 1.20 bits per heavy atom. The van der Waals surface area contributed by atoms with Crippen LogP contribution in [0.4, 0.5) is 5.95 Å². The molecule has 0 N–H and O–H groups in total. The van der Waals surface area contributed by atoms with E-state index < -0.39 is 0 Å². The molecule has 0 aromatic carbocycles. The summed E-state index contributed by atoms with van der Waals surface area (Å²) in [6.07, 6.45) is 5.13. The number of hydrogen-bond acceptors (Lipinski definition) is 7. The third-order valence-electron chi connectivity index (χ3n) is 3.27. The molecule has 0 spiro atoms. The summed E-state index contributed by atoms with van der Waals surface area (Å²) in [5.74, 6) is 0.927. The maximum absolute atomic E-state index is 5.97. The molecule has 1 saturated heterocycles. The molecule has 0 saturated carbocycles. The van der Waals surface area contributed by atoms with E-state index in [1.807, 2.05) is 0 Å². The first-order valence-corrected chi connectivity index (χ1v) is 6.68. The lowest BCUT2D eigenvalue weighted by atomic mass is 10.1. The van der Waals surface area contributed by atoms with Crippen molar-refractivity contribution in [1.29, 1.82) is 0 Å². The van der Waals surface area contributed by atoms with Gasteiger partial charge in [-0.2, -0.15) is 24.7 Å². The van der Waals surface area contributed by atoms with Gasteiger partial charge in [0.1, 0.15) is 12.7 Å². The molecule has 3 rings (SSSR count). The van der Waals surface area contributed by atoms with Crippen LogP contribution in [0.2, 0.25) is 5.28 Å². The lowest BCUT2D eigenvalue weighted by molar-refractivity contribution is 0.0816. The first kappa shape index (κ1) is 13.2. The maximum atomic E-state index is 5.97. The van der Waals surface area contributed by atoms with Gasteiger partial charge >= 0.3 is 0 Å². The van der Waals surface area contributed by atoms with E-state index in [4.69, 9.17) is 16.3 Å². The van der Waals surface area contributed by atoms with E-state index in [9.17, 15) is 0 Å². The number of anilines is 1. The Bertz CT molecular complexity index is 568. The maximum Gasteiger partial charge on any atom is 0.258 e. The Morgan fingerprint density at radius 3 is 2.60 bits per heavy atom. The Kier molecular flexibility index (Phi) is 3.75. The molecule has 3 heterocycles. The number of ether oxygens (including phenoxy) is 1. The van der Waals surface area contributed by atoms with E-state index in [0.717, 1.165) is 25.9 Å². The van der Waals surface area contributed by atoms with Crippen LogP contribution in [0.3, 0.4) is 0 Å². The molecule has 0 aliphatic carbocycles. The van der Waals surface area contributed by atoms with Gasteiger partial charge in [-0.3, -0.25) is 0 Å². The Labute approximate surface area is 120 Å². The number of nitrogens with zero attached hydrogens (tertiary/aromatic N) is 7. The van der Waals surface area contributed by atoms with Crippen LogP contribution < -0.4 is 4.90 Å². The summed E-state index contributed by atoms with van der Waals surface area (Å²) in [7, 11) is 1.74. The Morgan fingerprint density at radius 2 is 1.95 bits per heavy atom. The van der Waals surface area contributed by atoms with Gasteiger partial charge in [0.05, 0.1) is 6.10 Å². The van der Waals surface area contributed by atoms with Crippen LogP contribution in [0.25, 0.3) is 5.95 Å². The molecular weight excluding hydrogens is 282 g/mol. The molecule has 0 amide bonds. The third-order valence-corrected chi connectivity index (χ3v) is 3.44. The molecule has 0 atom stereocenters. The summed E-state index contributed by atoms with van der Waals surface area (Å²) < 4.78 is 6.81. The number of halogens is 1. The zero-order chi connectivity index (χ0) is 13.9. The highest BCUT2D eigenvalue weighted by molar-refractivity contribution is 6.28. The second-order valence-corrected chi connectivity index (χ2v) is 4.80. The van der Waals surface area contributed by atoms with Gasteiger partial charge in [-0.05, 0) is 24.4 Å². The highest BCUT2D eigenvalue weighted by atomic mass is 35.5. The molecule has 1 fully saturated rings. The summed E-state index contributed by atoms with van der Waals surface area (Å²) in [6.45, 7) is 1.66. The highest BCUT2D eigenvalue weighted by Crippen LogP contribution is 2.19. The number of aromatic nitrogens is 6. The van der Waals surface area contributed by atoms with E-state index in [-0.39, 0.29) is 5.28 Å². The quantitative estimate of drug-likeness (QED) is 0.825. The molecule has 1 aliphatic heterocycles. The van der Waals surface area contributed by atoms with Gasteiger partial charge in [0.15, 0.2) is 0 Å². The lowest BCUT2D eigenvalue weighted by Gasteiger charge is -2.31. The number of rotatable bonds is 3. The molecule has 9 heteroatoms.